The predicted octanol–water partition coefficient (Wildman–Crippen LogP) is 3.94. The van der Waals surface area contributed by atoms with E-state index in [0.29, 0.717) is 51.1 Å². The van der Waals surface area contributed by atoms with Gasteiger partial charge in [-0.3, -0.25) is 14.4 Å². The highest BCUT2D eigenvalue weighted by Crippen LogP contribution is 2.27. The Hall–Kier alpha value is -3.68. The Kier molecular flexibility index (Phi) is 6.76. The first-order chi connectivity index (χ1) is 17.4. The number of carbonyl (C=O) groups is 3. The van der Waals surface area contributed by atoms with Crippen LogP contribution in [0.5, 0.6) is 0 Å². The Morgan fingerprint density at radius 3 is 2.50 bits per heavy atom. The zero-order chi connectivity index (χ0) is 25.2. The number of amides is 2. The molecule has 2 aliphatic rings. The molecule has 8 nitrogen and oxygen atoms in total. The van der Waals surface area contributed by atoms with Gasteiger partial charge in [0.25, 0.3) is 5.91 Å². The first-order valence-corrected chi connectivity index (χ1v) is 12.8. The first kappa shape index (κ1) is 24.0. The van der Waals surface area contributed by atoms with Crippen molar-refractivity contribution in [3.8, 4) is 11.4 Å². The van der Waals surface area contributed by atoms with Crippen molar-refractivity contribution >= 4 is 28.8 Å². The maximum Gasteiger partial charge on any atom is 0.309 e. The summed E-state index contributed by atoms with van der Waals surface area (Å²) in [5.41, 5.74) is 4.30. The van der Waals surface area contributed by atoms with Crippen molar-refractivity contribution in [1.82, 2.24) is 19.8 Å². The molecule has 0 bridgehead atoms. The number of likely N-dealkylation sites (tertiary alicyclic amines) is 2. The summed E-state index contributed by atoms with van der Waals surface area (Å²) in [6.45, 7) is 5.81. The molecule has 1 aromatic heterocycles. The van der Waals surface area contributed by atoms with Crippen LogP contribution in [0.15, 0.2) is 42.5 Å². The van der Waals surface area contributed by atoms with Gasteiger partial charge in [-0.05, 0) is 57.7 Å². The van der Waals surface area contributed by atoms with Crippen LogP contribution in [-0.4, -0.2) is 69.8 Å². The first-order valence-electron chi connectivity index (χ1n) is 12.8. The molecule has 1 atom stereocenters. The van der Waals surface area contributed by atoms with Crippen molar-refractivity contribution in [3.63, 3.8) is 0 Å². The average molecular weight is 489 g/mol. The average Bonchev–Trinajstić information content (AvgIpc) is 3.55. The topological polar surface area (TPSA) is 95.6 Å². The molecule has 2 aliphatic heterocycles. The van der Waals surface area contributed by atoms with Gasteiger partial charge in [-0.2, -0.15) is 0 Å². The Morgan fingerprint density at radius 1 is 1.03 bits per heavy atom. The van der Waals surface area contributed by atoms with Gasteiger partial charge in [-0.15, -0.1) is 0 Å². The third kappa shape index (κ3) is 4.72. The van der Waals surface area contributed by atoms with E-state index in [1.165, 1.54) is 5.56 Å². The summed E-state index contributed by atoms with van der Waals surface area (Å²) in [6, 6.07) is 13.1. The van der Waals surface area contributed by atoms with E-state index in [0.717, 1.165) is 28.8 Å². The van der Waals surface area contributed by atoms with Crippen molar-refractivity contribution in [2.75, 3.05) is 26.2 Å². The molecule has 0 spiro atoms. The van der Waals surface area contributed by atoms with Gasteiger partial charge in [0.1, 0.15) is 11.9 Å². The molecule has 0 radical (unpaired) electrons. The highest BCUT2D eigenvalue weighted by atomic mass is 16.5. The molecule has 36 heavy (non-hydrogen) atoms. The van der Waals surface area contributed by atoms with Gasteiger partial charge in [-0.1, -0.05) is 29.8 Å². The van der Waals surface area contributed by atoms with Crippen LogP contribution in [0.25, 0.3) is 22.4 Å². The quantitative estimate of drug-likeness (QED) is 0.549. The lowest BCUT2D eigenvalue weighted by Gasteiger charge is -2.34. The molecule has 0 saturated carbocycles. The van der Waals surface area contributed by atoms with Crippen molar-refractivity contribution < 1.29 is 19.1 Å². The number of aromatic nitrogens is 2. The van der Waals surface area contributed by atoms with Gasteiger partial charge < -0.3 is 19.5 Å². The van der Waals surface area contributed by atoms with E-state index in [1.807, 2.05) is 43.3 Å². The number of fused-ring (bicyclic) bond motifs is 1. The Labute approximate surface area is 210 Å². The Bertz CT molecular complexity index is 1270. The van der Waals surface area contributed by atoms with Gasteiger partial charge in [0.15, 0.2) is 0 Å². The molecule has 1 N–H and O–H groups in total. The summed E-state index contributed by atoms with van der Waals surface area (Å²) in [4.78, 5) is 50.4. The predicted molar refractivity (Wildman–Crippen MR) is 136 cm³/mol. The molecular formula is C28H32N4O4. The van der Waals surface area contributed by atoms with Crippen LogP contribution in [0.1, 0.15) is 48.5 Å². The van der Waals surface area contributed by atoms with Gasteiger partial charge in [0, 0.05) is 30.8 Å². The number of rotatable bonds is 5. The van der Waals surface area contributed by atoms with Gasteiger partial charge in [0.05, 0.1) is 23.6 Å². The van der Waals surface area contributed by atoms with Crippen molar-refractivity contribution in [1.29, 1.82) is 0 Å². The lowest BCUT2D eigenvalue weighted by molar-refractivity contribution is -0.151. The highest BCUT2D eigenvalue weighted by Gasteiger charge is 2.38. The van der Waals surface area contributed by atoms with Crippen LogP contribution in [0, 0.1) is 12.8 Å². The SMILES string of the molecule is CCOC(=O)C1CCN(C(=O)[C@H]2CCCN2C(=O)c2ccc3nc(-c4ccc(C)cc4)[nH]c3c2)CC1. The minimum Gasteiger partial charge on any atom is -0.466 e. The zero-order valence-corrected chi connectivity index (χ0v) is 20.8. The van der Waals surface area contributed by atoms with Crippen LogP contribution in [0.2, 0.25) is 0 Å². The summed E-state index contributed by atoms with van der Waals surface area (Å²) in [6.07, 6.45) is 2.66. The van der Waals surface area contributed by atoms with E-state index >= 15 is 0 Å². The molecule has 3 heterocycles. The summed E-state index contributed by atoms with van der Waals surface area (Å²) in [7, 11) is 0. The summed E-state index contributed by atoms with van der Waals surface area (Å²) < 4.78 is 5.13. The van der Waals surface area contributed by atoms with Gasteiger partial charge >= 0.3 is 5.97 Å². The number of nitrogens with zero attached hydrogens (tertiary/aromatic N) is 3. The second-order valence-corrected chi connectivity index (χ2v) is 9.69. The normalized spacial score (nSPS) is 18.6. The summed E-state index contributed by atoms with van der Waals surface area (Å²) in [5, 5.41) is 0. The third-order valence-corrected chi connectivity index (χ3v) is 7.28. The van der Waals surface area contributed by atoms with E-state index in [9.17, 15) is 14.4 Å². The monoisotopic (exact) mass is 488 g/mol. The molecule has 2 amide bonds. The van der Waals surface area contributed by atoms with Crippen LogP contribution >= 0.6 is 0 Å². The minimum atomic E-state index is -0.461. The van der Waals surface area contributed by atoms with Crippen LogP contribution in [-0.2, 0) is 14.3 Å². The van der Waals surface area contributed by atoms with Crippen LogP contribution in [0.3, 0.4) is 0 Å². The van der Waals surface area contributed by atoms with Crippen LogP contribution < -0.4 is 0 Å². The number of hydrogen-bond donors (Lipinski definition) is 1. The van der Waals surface area contributed by atoms with Crippen LogP contribution in [0.4, 0.5) is 0 Å². The molecule has 2 aromatic carbocycles. The maximum absolute atomic E-state index is 13.5. The smallest absolute Gasteiger partial charge is 0.309 e. The van der Waals surface area contributed by atoms with Gasteiger partial charge in [-0.25, -0.2) is 4.98 Å². The molecule has 2 fully saturated rings. The lowest BCUT2D eigenvalue weighted by atomic mass is 9.96. The standard InChI is InChI=1S/C28H32N4O4/c1-3-36-28(35)20-12-15-31(16-13-20)27(34)24-5-4-14-32(24)26(33)21-10-11-22-23(17-21)30-25(29-22)19-8-6-18(2)7-9-19/h6-11,17,20,24H,3-5,12-16H2,1-2H3,(H,29,30)/t24-/m1/s1. The molecule has 0 unspecified atom stereocenters. The van der Waals surface area contributed by atoms with Gasteiger partial charge in [0.2, 0.25) is 5.91 Å². The molecule has 3 aromatic rings. The number of nitrogens with one attached hydrogen (secondary N) is 1. The fourth-order valence-electron chi connectivity index (χ4n) is 5.23. The number of imidazole rings is 1. The van der Waals surface area contributed by atoms with E-state index in [1.54, 1.807) is 22.8 Å². The van der Waals surface area contributed by atoms with Crippen molar-refractivity contribution in [2.45, 2.75) is 45.6 Å². The van der Waals surface area contributed by atoms with E-state index in [2.05, 4.69) is 9.97 Å². The van der Waals surface area contributed by atoms with E-state index in [4.69, 9.17) is 4.74 Å². The number of H-pyrrole nitrogens is 1. The number of benzene rings is 2. The zero-order valence-electron chi connectivity index (χ0n) is 20.8. The van der Waals surface area contributed by atoms with Crippen molar-refractivity contribution in [2.24, 2.45) is 5.92 Å². The largest absolute Gasteiger partial charge is 0.466 e. The number of piperidine rings is 1. The molecule has 8 heteroatoms. The summed E-state index contributed by atoms with van der Waals surface area (Å²) in [5.74, 6) is 0.270. The second-order valence-electron chi connectivity index (χ2n) is 9.69. The molecular weight excluding hydrogens is 456 g/mol. The summed E-state index contributed by atoms with van der Waals surface area (Å²) >= 11 is 0. The Morgan fingerprint density at radius 2 is 1.78 bits per heavy atom. The number of aryl methyl sites for hydroxylation is 1. The molecule has 2 saturated heterocycles. The molecule has 5 rings (SSSR count). The number of carbonyl (C=O) groups excluding carboxylic acids is 3. The number of esters is 1. The number of ether oxygens (including phenoxy) is 1. The number of aromatic amines is 1. The molecule has 188 valence electrons. The Balaban J connectivity index is 1.28. The fraction of sp³-hybridized carbons (Fsp3) is 0.429. The fourth-order valence-corrected chi connectivity index (χ4v) is 5.23. The minimum absolute atomic E-state index is 0.0209. The van der Waals surface area contributed by atoms with Crippen molar-refractivity contribution in [3.05, 3.63) is 53.6 Å². The number of hydrogen-bond acceptors (Lipinski definition) is 5. The highest BCUT2D eigenvalue weighted by molar-refractivity contribution is 6.00. The van der Waals surface area contributed by atoms with E-state index in [-0.39, 0.29) is 23.7 Å². The van der Waals surface area contributed by atoms with E-state index < -0.39 is 6.04 Å². The third-order valence-electron chi connectivity index (χ3n) is 7.28. The maximum atomic E-state index is 13.5. The lowest BCUT2D eigenvalue weighted by Crippen LogP contribution is -2.50. The molecule has 0 aliphatic carbocycles. The second kappa shape index (κ2) is 10.1.